The molecule has 1 aliphatic heterocycles. The van der Waals surface area contributed by atoms with E-state index in [1.54, 1.807) is 12.1 Å². The zero-order chi connectivity index (χ0) is 18.1. The molecule has 2 aromatic carbocycles. The van der Waals surface area contributed by atoms with Crippen molar-refractivity contribution in [1.82, 2.24) is 14.5 Å². The average molecular weight is 372 g/mol. The Balaban J connectivity index is 1.71. The van der Waals surface area contributed by atoms with E-state index in [0.29, 0.717) is 13.1 Å². The summed E-state index contributed by atoms with van der Waals surface area (Å²) in [5, 5.41) is 20.1. The van der Waals surface area contributed by atoms with Crippen molar-refractivity contribution in [1.29, 1.82) is 0 Å². The van der Waals surface area contributed by atoms with Crippen molar-refractivity contribution in [2.75, 3.05) is 13.2 Å². The molecule has 0 aliphatic carbocycles. The average Bonchev–Trinajstić information content (AvgIpc) is 3.21. The number of rotatable bonds is 5. The molecule has 1 aliphatic rings. The van der Waals surface area contributed by atoms with Crippen LogP contribution in [0.1, 0.15) is 24.2 Å². The zero-order valence-corrected chi connectivity index (χ0v) is 15.2. The fourth-order valence-corrected chi connectivity index (χ4v) is 3.86. The highest BCUT2D eigenvalue weighted by Crippen LogP contribution is 2.25. The summed E-state index contributed by atoms with van der Waals surface area (Å²) in [5.41, 5.74) is 2.92. The van der Waals surface area contributed by atoms with Gasteiger partial charge in [-0.15, -0.1) is 0 Å². The van der Waals surface area contributed by atoms with Crippen molar-refractivity contribution in [2.45, 2.75) is 32.0 Å². The molecular weight excluding hydrogens is 350 g/mol. The number of aliphatic hydroxyl groups excluding tert-OH is 1. The summed E-state index contributed by atoms with van der Waals surface area (Å²) in [4.78, 5) is 7.06. The van der Waals surface area contributed by atoms with Crippen molar-refractivity contribution >= 4 is 22.6 Å². The van der Waals surface area contributed by atoms with Gasteiger partial charge >= 0.3 is 0 Å². The van der Waals surface area contributed by atoms with E-state index in [0.717, 1.165) is 46.8 Å². The minimum Gasteiger partial charge on any atom is -0.508 e. The van der Waals surface area contributed by atoms with E-state index in [9.17, 15) is 10.2 Å². The lowest BCUT2D eigenvalue weighted by Gasteiger charge is -2.22. The molecule has 2 N–H and O–H groups in total. The fraction of sp³-hybridized carbons (Fsp3) is 0.350. The quantitative estimate of drug-likeness (QED) is 0.721. The van der Waals surface area contributed by atoms with Gasteiger partial charge in [-0.1, -0.05) is 23.7 Å². The van der Waals surface area contributed by atoms with E-state index in [2.05, 4.69) is 9.47 Å². The lowest BCUT2D eigenvalue weighted by atomic mass is 10.2. The molecule has 4 rings (SSSR count). The first-order chi connectivity index (χ1) is 12.6. The summed E-state index contributed by atoms with van der Waals surface area (Å²) in [6, 6.07) is 13.3. The summed E-state index contributed by atoms with van der Waals surface area (Å²) >= 11 is 6.01. The topological polar surface area (TPSA) is 61.5 Å². The molecule has 0 bridgehead atoms. The first kappa shape index (κ1) is 17.3. The largest absolute Gasteiger partial charge is 0.508 e. The van der Waals surface area contributed by atoms with Gasteiger partial charge in [-0.2, -0.15) is 0 Å². The molecule has 0 unspecified atom stereocenters. The molecule has 2 heterocycles. The Morgan fingerprint density at radius 1 is 1.12 bits per heavy atom. The third kappa shape index (κ3) is 3.43. The Kier molecular flexibility index (Phi) is 4.85. The van der Waals surface area contributed by atoms with Crippen LogP contribution in [0.15, 0.2) is 42.5 Å². The smallest absolute Gasteiger partial charge is 0.124 e. The maximum atomic E-state index is 9.81. The molecule has 6 heteroatoms. The van der Waals surface area contributed by atoms with E-state index in [4.69, 9.17) is 16.6 Å². The second-order valence-electron chi connectivity index (χ2n) is 6.86. The third-order valence-electron chi connectivity index (χ3n) is 5.12. The summed E-state index contributed by atoms with van der Waals surface area (Å²) in [6.45, 7) is 2.53. The Labute approximate surface area is 157 Å². The molecule has 0 radical (unpaired) electrons. The Morgan fingerprint density at radius 2 is 1.92 bits per heavy atom. The number of fused-ring (bicyclic) bond motifs is 1. The Hall–Kier alpha value is -2.08. The van der Waals surface area contributed by atoms with Crippen molar-refractivity contribution < 1.29 is 10.2 Å². The second-order valence-corrected chi connectivity index (χ2v) is 7.30. The number of aromatic nitrogens is 2. The lowest BCUT2D eigenvalue weighted by molar-refractivity contribution is 0.150. The highest BCUT2D eigenvalue weighted by Gasteiger charge is 2.25. The SMILES string of the molecule is OC[C@H]1CCCN1Cc1nc2cc(O)ccc2n1Cc1ccc(Cl)cc1. The first-order valence-electron chi connectivity index (χ1n) is 8.91. The molecule has 5 nitrogen and oxygen atoms in total. The molecule has 26 heavy (non-hydrogen) atoms. The van der Waals surface area contributed by atoms with Crippen molar-refractivity contribution in [3.8, 4) is 5.75 Å². The van der Waals surface area contributed by atoms with Gasteiger partial charge in [0.05, 0.1) is 24.2 Å². The molecule has 136 valence electrons. The van der Waals surface area contributed by atoms with Crippen LogP contribution >= 0.6 is 11.6 Å². The fourth-order valence-electron chi connectivity index (χ4n) is 3.73. The number of hydrogen-bond donors (Lipinski definition) is 2. The third-order valence-corrected chi connectivity index (χ3v) is 5.37. The minimum absolute atomic E-state index is 0.179. The van der Waals surface area contributed by atoms with E-state index in [-0.39, 0.29) is 18.4 Å². The van der Waals surface area contributed by atoms with Crippen LogP contribution in [0, 0.1) is 0 Å². The molecule has 0 saturated carbocycles. The highest BCUT2D eigenvalue weighted by molar-refractivity contribution is 6.30. The molecule has 3 aromatic rings. The number of hydrogen-bond acceptors (Lipinski definition) is 4. The van der Waals surface area contributed by atoms with Gasteiger partial charge in [0.1, 0.15) is 11.6 Å². The number of nitrogens with zero attached hydrogens (tertiary/aromatic N) is 3. The molecule has 1 saturated heterocycles. The first-order valence-corrected chi connectivity index (χ1v) is 9.29. The van der Waals surface area contributed by atoms with E-state index >= 15 is 0 Å². The second kappa shape index (κ2) is 7.27. The Bertz CT molecular complexity index is 907. The van der Waals surface area contributed by atoms with Crippen molar-refractivity contribution in [3.05, 3.63) is 58.9 Å². The van der Waals surface area contributed by atoms with Crippen molar-refractivity contribution in [2.24, 2.45) is 0 Å². The molecule has 1 fully saturated rings. The number of phenolic OH excluding ortho intramolecular Hbond substituents is 1. The predicted molar refractivity (Wildman–Crippen MR) is 102 cm³/mol. The molecule has 1 atom stereocenters. The van der Waals surface area contributed by atoms with Crippen LogP contribution < -0.4 is 0 Å². The van der Waals surface area contributed by atoms with Crippen LogP contribution in [0.3, 0.4) is 0 Å². The molecule has 0 spiro atoms. The highest BCUT2D eigenvalue weighted by atomic mass is 35.5. The number of likely N-dealkylation sites (tertiary alicyclic amines) is 1. The van der Waals surface area contributed by atoms with Crippen LogP contribution in [-0.4, -0.2) is 43.9 Å². The number of phenols is 1. The number of halogens is 1. The minimum atomic E-state index is 0.179. The lowest BCUT2D eigenvalue weighted by Crippen LogP contribution is -2.32. The number of imidazole rings is 1. The van der Waals surface area contributed by atoms with Crippen molar-refractivity contribution in [3.63, 3.8) is 0 Å². The van der Waals surface area contributed by atoms with Gasteiger partial charge < -0.3 is 14.8 Å². The molecular formula is C20H22ClN3O2. The van der Waals surface area contributed by atoms with Gasteiger partial charge in [0, 0.05) is 23.7 Å². The maximum absolute atomic E-state index is 9.81. The predicted octanol–water partition coefficient (Wildman–Crippen LogP) is 3.40. The molecule has 1 aromatic heterocycles. The van der Waals surface area contributed by atoms with Crippen LogP contribution in [0.25, 0.3) is 11.0 Å². The van der Waals surface area contributed by atoms with Gasteiger partial charge in [-0.3, -0.25) is 4.90 Å². The number of benzene rings is 2. The summed E-state index contributed by atoms with van der Waals surface area (Å²) < 4.78 is 2.19. The Morgan fingerprint density at radius 3 is 2.69 bits per heavy atom. The normalized spacial score (nSPS) is 18.0. The summed E-state index contributed by atoms with van der Waals surface area (Å²) in [6.07, 6.45) is 2.12. The van der Waals surface area contributed by atoms with Crippen LogP contribution in [-0.2, 0) is 13.1 Å². The van der Waals surface area contributed by atoms with Crippen LogP contribution in [0.5, 0.6) is 5.75 Å². The summed E-state index contributed by atoms with van der Waals surface area (Å²) in [7, 11) is 0. The number of aliphatic hydroxyl groups is 1. The zero-order valence-electron chi connectivity index (χ0n) is 14.5. The van der Waals surface area contributed by atoms with E-state index in [1.807, 2.05) is 30.3 Å². The standard InChI is InChI=1S/C20H22ClN3O2/c21-15-5-3-14(4-6-15)11-24-19-8-7-17(26)10-18(19)22-20(24)12-23-9-1-2-16(23)13-25/h3-8,10,16,25-26H,1-2,9,11-13H2/t16-/m1/s1. The van der Waals surface area contributed by atoms with Gasteiger partial charge in [0.15, 0.2) is 0 Å². The van der Waals surface area contributed by atoms with Gasteiger partial charge in [-0.05, 0) is 49.2 Å². The van der Waals surface area contributed by atoms with Gasteiger partial charge in [-0.25, -0.2) is 4.98 Å². The monoisotopic (exact) mass is 371 g/mol. The summed E-state index contributed by atoms with van der Waals surface area (Å²) in [5.74, 6) is 1.16. The number of aromatic hydroxyl groups is 1. The van der Waals surface area contributed by atoms with E-state index < -0.39 is 0 Å². The van der Waals surface area contributed by atoms with E-state index in [1.165, 1.54) is 0 Å². The van der Waals surface area contributed by atoms with Crippen LogP contribution in [0.4, 0.5) is 0 Å². The molecule has 0 amide bonds. The van der Waals surface area contributed by atoms with Gasteiger partial charge in [0.25, 0.3) is 0 Å². The maximum Gasteiger partial charge on any atom is 0.124 e. The van der Waals surface area contributed by atoms with Crippen LogP contribution in [0.2, 0.25) is 5.02 Å². The van der Waals surface area contributed by atoms with Gasteiger partial charge in [0.2, 0.25) is 0 Å².